The van der Waals surface area contributed by atoms with Crippen molar-refractivity contribution in [3.05, 3.63) is 29.4 Å². The van der Waals surface area contributed by atoms with Gasteiger partial charge in [-0.15, -0.1) is 0 Å². The Balaban J connectivity index is 2.30. The molecule has 1 fully saturated rings. The molecule has 2 heterocycles. The molecule has 0 radical (unpaired) electrons. The van der Waals surface area contributed by atoms with Crippen molar-refractivity contribution in [2.24, 2.45) is 0 Å². The zero-order valence-electron chi connectivity index (χ0n) is 11.3. The first kappa shape index (κ1) is 14.4. The van der Waals surface area contributed by atoms with E-state index in [1.165, 1.54) is 6.21 Å². The van der Waals surface area contributed by atoms with E-state index in [0.29, 0.717) is 5.76 Å². The number of hydrogen-bond donors (Lipinski definition) is 0. The van der Waals surface area contributed by atoms with E-state index >= 15 is 0 Å². The van der Waals surface area contributed by atoms with Crippen LogP contribution in [0.1, 0.15) is 33.0 Å². The molecule has 0 bridgehead atoms. The predicted molar refractivity (Wildman–Crippen MR) is 82.6 cm³/mol. The van der Waals surface area contributed by atoms with Crippen LogP contribution in [-0.2, 0) is 0 Å². The molecular formula is C13H18N2O2S2. The van der Waals surface area contributed by atoms with Crippen LogP contribution in [0.2, 0.25) is 0 Å². The van der Waals surface area contributed by atoms with Gasteiger partial charge in [-0.1, -0.05) is 30.9 Å². The van der Waals surface area contributed by atoms with Crippen molar-refractivity contribution < 1.29 is 9.16 Å². The molecule has 1 aliphatic heterocycles. The predicted octanol–water partition coefficient (Wildman–Crippen LogP) is 3.06. The molecule has 1 aromatic rings. The summed E-state index contributed by atoms with van der Waals surface area (Å²) in [6, 6.07) is 3.53. The highest BCUT2D eigenvalue weighted by atomic mass is 32.2. The zero-order chi connectivity index (χ0) is 14.0. The summed E-state index contributed by atoms with van der Waals surface area (Å²) in [6.07, 6.45) is 3.71. The molecule has 1 aliphatic rings. The molecule has 0 N–H and O–H groups in total. The Hall–Kier alpha value is -1.01. The minimum Gasteiger partial charge on any atom is -0.622 e. The lowest BCUT2D eigenvalue weighted by atomic mass is 10.1. The molecule has 0 saturated carbocycles. The summed E-state index contributed by atoms with van der Waals surface area (Å²) in [6.45, 7) is 6.97. The average Bonchev–Trinajstić information content (AvgIpc) is 2.86. The minimum absolute atomic E-state index is 0.239. The van der Waals surface area contributed by atoms with Crippen molar-refractivity contribution in [3.63, 3.8) is 0 Å². The van der Waals surface area contributed by atoms with Crippen LogP contribution in [0.4, 0.5) is 0 Å². The molecule has 0 spiro atoms. The minimum atomic E-state index is -0.296. The van der Waals surface area contributed by atoms with Gasteiger partial charge in [-0.3, -0.25) is 4.90 Å². The SMILES string of the molecule is CCCN1C(=S)SC(C)(C)C1/[N+]([O-])=C/c1ccco1. The number of furan rings is 1. The van der Waals surface area contributed by atoms with E-state index in [1.54, 1.807) is 30.2 Å². The second-order valence-corrected chi connectivity index (χ2v) is 7.33. The molecule has 1 saturated heterocycles. The quantitative estimate of drug-likeness (QED) is 0.281. The number of rotatable bonds is 4. The first-order valence-corrected chi connectivity index (χ1v) is 7.51. The Morgan fingerprint density at radius 1 is 1.63 bits per heavy atom. The largest absolute Gasteiger partial charge is 0.622 e. The van der Waals surface area contributed by atoms with E-state index < -0.39 is 0 Å². The standard InChI is InChI=1S/C13H18N2O2S2/c1-4-7-14-11(13(2,3)19-12(14)18)15(16)9-10-6-5-8-17-10/h5-6,8-9,11H,4,7H2,1-3H3/b15-9-. The summed E-state index contributed by atoms with van der Waals surface area (Å²) in [5, 5.41) is 12.4. The average molecular weight is 298 g/mol. The summed E-state index contributed by atoms with van der Waals surface area (Å²) in [7, 11) is 0. The summed E-state index contributed by atoms with van der Waals surface area (Å²) in [4.78, 5) is 2.01. The first-order valence-electron chi connectivity index (χ1n) is 6.29. The molecule has 4 nitrogen and oxygen atoms in total. The van der Waals surface area contributed by atoms with E-state index in [9.17, 15) is 5.21 Å². The number of hydroxylamine groups is 1. The molecule has 6 heteroatoms. The highest BCUT2D eigenvalue weighted by Crippen LogP contribution is 2.41. The van der Waals surface area contributed by atoms with Crippen LogP contribution in [0.15, 0.2) is 22.8 Å². The number of thioether (sulfide) groups is 1. The summed E-state index contributed by atoms with van der Waals surface area (Å²) in [5.41, 5.74) is 0. The molecule has 1 atom stereocenters. The van der Waals surface area contributed by atoms with Crippen LogP contribution in [0, 0.1) is 5.21 Å². The van der Waals surface area contributed by atoms with Gasteiger partial charge in [-0.05, 0) is 32.4 Å². The number of hydrogen-bond acceptors (Lipinski definition) is 4. The van der Waals surface area contributed by atoms with Crippen LogP contribution in [0.25, 0.3) is 0 Å². The molecule has 1 unspecified atom stereocenters. The summed E-state index contributed by atoms with van der Waals surface area (Å²) < 4.78 is 6.72. The molecule has 2 rings (SSSR count). The maximum absolute atomic E-state index is 12.4. The number of thiocarbonyl (C=S) groups is 1. The monoisotopic (exact) mass is 298 g/mol. The van der Waals surface area contributed by atoms with Gasteiger partial charge in [0.1, 0.15) is 9.07 Å². The number of nitrogens with zero attached hydrogens (tertiary/aromatic N) is 2. The molecule has 0 amide bonds. The lowest BCUT2D eigenvalue weighted by Crippen LogP contribution is -2.48. The van der Waals surface area contributed by atoms with Crippen LogP contribution in [0.3, 0.4) is 0 Å². The molecule has 0 aliphatic carbocycles. The Morgan fingerprint density at radius 2 is 2.37 bits per heavy atom. The highest BCUT2D eigenvalue weighted by molar-refractivity contribution is 8.24. The second kappa shape index (κ2) is 5.54. The fraction of sp³-hybridized carbons (Fsp3) is 0.538. The van der Waals surface area contributed by atoms with E-state index in [4.69, 9.17) is 16.6 Å². The Labute approximate surface area is 123 Å². The van der Waals surface area contributed by atoms with E-state index in [0.717, 1.165) is 22.0 Å². The van der Waals surface area contributed by atoms with Crippen LogP contribution in [0.5, 0.6) is 0 Å². The van der Waals surface area contributed by atoms with Gasteiger partial charge in [0.05, 0.1) is 6.26 Å². The molecular weight excluding hydrogens is 280 g/mol. The summed E-state index contributed by atoms with van der Waals surface area (Å²) >= 11 is 6.97. The van der Waals surface area contributed by atoms with Gasteiger partial charge in [0.25, 0.3) is 6.17 Å². The van der Waals surface area contributed by atoms with Crippen molar-refractivity contribution in [3.8, 4) is 0 Å². The second-order valence-electron chi connectivity index (χ2n) is 5.04. The van der Waals surface area contributed by atoms with Gasteiger partial charge < -0.3 is 9.62 Å². The Bertz CT molecular complexity index is 483. The smallest absolute Gasteiger partial charge is 0.254 e. The topological polar surface area (TPSA) is 42.5 Å². The van der Waals surface area contributed by atoms with Crippen LogP contribution in [-0.4, -0.2) is 37.6 Å². The zero-order valence-corrected chi connectivity index (χ0v) is 13.0. The van der Waals surface area contributed by atoms with Gasteiger partial charge in [0.2, 0.25) is 6.21 Å². The molecule has 1 aromatic heterocycles. The van der Waals surface area contributed by atoms with Gasteiger partial charge in [0, 0.05) is 6.54 Å². The van der Waals surface area contributed by atoms with Gasteiger partial charge in [-0.2, -0.15) is 4.74 Å². The first-order chi connectivity index (χ1) is 8.95. The Kier molecular flexibility index (Phi) is 4.20. The van der Waals surface area contributed by atoms with Gasteiger partial charge in [-0.25, -0.2) is 0 Å². The van der Waals surface area contributed by atoms with Crippen molar-refractivity contribution >= 4 is 34.5 Å². The maximum atomic E-state index is 12.4. The summed E-state index contributed by atoms with van der Waals surface area (Å²) in [5.74, 6) is 0.560. The molecule has 104 valence electrons. The van der Waals surface area contributed by atoms with Crippen molar-refractivity contribution in [2.45, 2.75) is 38.1 Å². The fourth-order valence-electron chi connectivity index (χ4n) is 2.27. The van der Waals surface area contributed by atoms with Crippen molar-refractivity contribution in [2.75, 3.05) is 6.54 Å². The lowest BCUT2D eigenvalue weighted by Gasteiger charge is -2.29. The molecule has 19 heavy (non-hydrogen) atoms. The van der Waals surface area contributed by atoms with E-state index in [1.807, 2.05) is 18.7 Å². The van der Waals surface area contributed by atoms with E-state index in [2.05, 4.69) is 6.92 Å². The maximum Gasteiger partial charge on any atom is 0.254 e. The van der Waals surface area contributed by atoms with Gasteiger partial charge >= 0.3 is 0 Å². The molecule has 0 aromatic carbocycles. The van der Waals surface area contributed by atoms with Crippen LogP contribution < -0.4 is 0 Å². The van der Waals surface area contributed by atoms with Crippen molar-refractivity contribution in [1.29, 1.82) is 0 Å². The third-order valence-electron chi connectivity index (χ3n) is 3.01. The van der Waals surface area contributed by atoms with E-state index in [-0.39, 0.29) is 10.9 Å². The fourth-order valence-corrected chi connectivity index (χ4v) is 4.20. The van der Waals surface area contributed by atoms with Crippen molar-refractivity contribution in [1.82, 2.24) is 4.90 Å². The third-order valence-corrected chi connectivity index (χ3v) is 4.64. The highest BCUT2D eigenvalue weighted by Gasteiger charge is 2.50. The van der Waals surface area contributed by atoms with Gasteiger partial charge in [0.15, 0.2) is 5.76 Å². The third kappa shape index (κ3) is 2.95. The lowest BCUT2D eigenvalue weighted by molar-refractivity contribution is -0.524. The normalized spacial score (nSPS) is 23.1. The Morgan fingerprint density at radius 3 is 2.95 bits per heavy atom. The van der Waals surface area contributed by atoms with Crippen LogP contribution >= 0.6 is 24.0 Å².